The zero-order valence-corrected chi connectivity index (χ0v) is 16.4. The molecule has 1 N–H and O–H groups in total. The van der Waals surface area contributed by atoms with E-state index in [0.717, 1.165) is 11.1 Å². The van der Waals surface area contributed by atoms with Crippen LogP contribution in [-0.2, 0) is 14.3 Å². The van der Waals surface area contributed by atoms with Crippen molar-refractivity contribution in [2.75, 3.05) is 26.3 Å². The maximum Gasteiger partial charge on any atom is 0.307 e. The molecular formula is C23H29NO4. The number of aliphatic hydroxyl groups excluding tert-OH is 1. The van der Waals surface area contributed by atoms with Gasteiger partial charge in [0.25, 0.3) is 0 Å². The van der Waals surface area contributed by atoms with E-state index in [2.05, 4.69) is 0 Å². The first-order chi connectivity index (χ1) is 13.7. The van der Waals surface area contributed by atoms with Gasteiger partial charge in [-0.1, -0.05) is 60.7 Å². The van der Waals surface area contributed by atoms with E-state index in [-0.39, 0.29) is 30.8 Å². The minimum atomic E-state index is -0.313. The van der Waals surface area contributed by atoms with Gasteiger partial charge in [-0.15, -0.1) is 0 Å². The number of carbonyl (C=O) groups excluding carboxylic acids is 2. The predicted molar refractivity (Wildman–Crippen MR) is 109 cm³/mol. The molecule has 0 saturated carbocycles. The molecule has 0 saturated heterocycles. The summed E-state index contributed by atoms with van der Waals surface area (Å²) in [6.07, 6.45) is 0.949. The summed E-state index contributed by atoms with van der Waals surface area (Å²) >= 11 is 0. The lowest BCUT2D eigenvalue weighted by atomic mass is 9.88. The summed E-state index contributed by atoms with van der Waals surface area (Å²) in [5.74, 6) is -0.406. The molecule has 2 aromatic rings. The van der Waals surface area contributed by atoms with Crippen molar-refractivity contribution in [3.63, 3.8) is 0 Å². The van der Waals surface area contributed by atoms with Gasteiger partial charge in [-0.3, -0.25) is 9.59 Å². The molecule has 1 amide bonds. The van der Waals surface area contributed by atoms with Crippen LogP contribution in [0.2, 0.25) is 0 Å². The third-order valence-electron chi connectivity index (χ3n) is 4.61. The zero-order valence-electron chi connectivity index (χ0n) is 16.4. The van der Waals surface area contributed by atoms with Crippen LogP contribution in [0.25, 0.3) is 0 Å². The lowest BCUT2D eigenvalue weighted by molar-refractivity contribution is -0.144. The Hall–Kier alpha value is -2.66. The largest absolute Gasteiger partial charge is 0.466 e. The van der Waals surface area contributed by atoms with E-state index in [1.165, 1.54) is 0 Å². The number of benzene rings is 2. The molecule has 28 heavy (non-hydrogen) atoms. The smallest absolute Gasteiger partial charge is 0.307 e. The Kier molecular flexibility index (Phi) is 9.22. The Labute approximate surface area is 166 Å². The fourth-order valence-electron chi connectivity index (χ4n) is 3.18. The van der Waals surface area contributed by atoms with Crippen molar-refractivity contribution in [1.82, 2.24) is 4.90 Å². The topological polar surface area (TPSA) is 66.8 Å². The zero-order chi connectivity index (χ0) is 20.2. The fourth-order valence-corrected chi connectivity index (χ4v) is 3.18. The second-order valence-corrected chi connectivity index (χ2v) is 6.59. The van der Waals surface area contributed by atoms with Crippen LogP contribution >= 0.6 is 0 Å². The third-order valence-corrected chi connectivity index (χ3v) is 4.61. The number of rotatable bonds is 11. The second kappa shape index (κ2) is 11.9. The number of amides is 1. The van der Waals surface area contributed by atoms with Gasteiger partial charge in [0, 0.05) is 32.0 Å². The summed E-state index contributed by atoms with van der Waals surface area (Å²) < 4.78 is 4.97. The van der Waals surface area contributed by atoms with Crippen LogP contribution in [0.5, 0.6) is 0 Å². The van der Waals surface area contributed by atoms with Gasteiger partial charge in [0.2, 0.25) is 5.91 Å². The van der Waals surface area contributed by atoms with Crippen LogP contribution in [0.3, 0.4) is 0 Å². The van der Waals surface area contributed by atoms with Crippen LogP contribution < -0.4 is 0 Å². The van der Waals surface area contributed by atoms with Gasteiger partial charge in [0.05, 0.1) is 13.0 Å². The summed E-state index contributed by atoms with van der Waals surface area (Å²) in [4.78, 5) is 26.4. The Morgan fingerprint density at radius 1 is 0.964 bits per heavy atom. The van der Waals surface area contributed by atoms with Crippen LogP contribution in [-0.4, -0.2) is 48.2 Å². The van der Waals surface area contributed by atoms with Gasteiger partial charge in [-0.25, -0.2) is 0 Å². The van der Waals surface area contributed by atoms with E-state index in [9.17, 15) is 9.59 Å². The molecule has 0 aliphatic carbocycles. The summed E-state index contributed by atoms with van der Waals surface area (Å²) in [7, 11) is 0. The molecule has 5 heteroatoms. The number of carbonyl (C=O) groups is 2. The van der Waals surface area contributed by atoms with E-state index in [1.807, 2.05) is 60.7 Å². The summed E-state index contributed by atoms with van der Waals surface area (Å²) in [6.45, 7) is 2.81. The van der Waals surface area contributed by atoms with Crippen molar-refractivity contribution < 1.29 is 19.4 Å². The maximum absolute atomic E-state index is 13.1. The summed E-state index contributed by atoms with van der Waals surface area (Å²) in [5.41, 5.74) is 2.16. The van der Waals surface area contributed by atoms with Crippen molar-refractivity contribution in [3.05, 3.63) is 71.8 Å². The number of nitrogens with zero attached hydrogens (tertiary/aromatic N) is 1. The molecule has 150 valence electrons. The van der Waals surface area contributed by atoms with Crippen molar-refractivity contribution >= 4 is 11.9 Å². The van der Waals surface area contributed by atoms with Gasteiger partial charge >= 0.3 is 5.97 Å². The molecule has 0 aliphatic rings. The molecule has 0 heterocycles. The molecule has 2 aromatic carbocycles. The van der Waals surface area contributed by atoms with E-state index in [1.54, 1.807) is 11.8 Å². The number of hydrogen-bond donors (Lipinski definition) is 1. The minimum absolute atomic E-state index is 0.00395. The fraction of sp³-hybridized carbons (Fsp3) is 0.391. The van der Waals surface area contributed by atoms with Gasteiger partial charge < -0.3 is 14.7 Å². The first-order valence-corrected chi connectivity index (χ1v) is 9.79. The molecule has 0 unspecified atom stereocenters. The molecule has 0 spiro atoms. The first-order valence-electron chi connectivity index (χ1n) is 9.79. The highest BCUT2D eigenvalue weighted by atomic mass is 16.5. The average Bonchev–Trinajstić information content (AvgIpc) is 2.73. The van der Waals surface area contributed by atoms with Crippen molar-refractivity contribution in [3.8, 4) is 0 Å². The highest BCUT2D eigenvalue weighted by molar-refractivity contribution is 5.78. The van der Waals surface area contributed by atoms with E-state index < -0.39 is 0 Å². The molecule has 0 fully saturated rings. The molecular weight excluding hydrogens is 354 g/mol. The number of aliphatic hydroxyl groups is 1. The van der Waals surface area contributed by atoms with Gasteiger partial charge in [-0.2, -0.15) is 0 Å². The van der Waals surface area contributed by atoms with Crippen molar-refractivity contribution in [2.45, 2.75) is 32.1 Å². The highest BCUT2D eigenvalue weighted by Crippen LogP contribution is 2.28. The average molecular weight is 383 g/mol. The van der Waals surface area contributed by atoms with Crippen molar-refractivity contribution in [1.29, 1.82) is 0 Å². The van der Waals surface area contributed by atoms with Gasteiger partial charge in [0.1, 0.15) is 0 Å². The molecule has 0 atom stereocenters. The van der Waals surface area contributed by atoms with E-state index in [4.69, 9.17) is 9.84 Å². The van der Waals surface area contributed by atoms with Crippen LogP contribution in [0.15, 0.2) is 60.7 Å². The summed E-state index contributed by atoms with van der Waals surface area (Å²) in [5, 5.41) is 9.17. The Morgan fingerprint density at radius 2 is 1.54 bits per heavy atom. The van der Waals surface area contributed by atoms with E-state index >= 15 is 0 Å². The lowest BCUT2D eigenvalue weighted by Crippen LogP contribution is -2.35. The minimum Gasteiger partial charge on any atom is -0.466 e. The predicted octanol–water partition coefficient (Wildman–Crippen LogP) is 3.37. The normalized spacial score (nSPS) is 10.7. The molecule has 2 rings (SSSR count). The van der Waals surface area contributed by atoms with Crippen molar-refractivity contribution in [2.24, 2.45) is 0 Å². The quantitative estimate of drug-likeness (QED) is 0.604. The first kappa shape index (κ1) is 21.6. The van der Waals surface area contributed by atoms with E-state index in [0.29, 0.717) is 32.5 Å². The molecule has 0 aromatic heterocycles. The van der Waals surface area contributed by atoms with Gasteiger partial charge in [-0.05, 0) is 24.5 Å². The maximum atomic E-state index is 13.1. The molecule has 0 radical (unpaired) electrons. The Balaban J connectivity index is 2.15. The lowest BCUT2D eigenvalue weighted by Gasteiger charge is -2.25. The molecule has 0 bridgehead atoms. The number of ether oxygens (including phenoxy) is 1. The molecule has 0 aliphatic heterocycles. The number of hydrogen-bond acceptors (Lipinski definition) is 4. The van der Waals surface area contributed by atoms with Gasteiger partial charge in [0.15, 0.2) is 0 Å². The molecule has 5 nitrogen and oxygen atoms in total. The monoisotopic (exact) mass is 383 g/mol. The summed E-state index contributed by atoms with van der Waals surface area (Å²) in [6, 6.07) is 19.9. The third kappa shape index (κ3) is 6.82. The Morgan fingerprint density at radius 3 is 2.04 bits per heavy atom. The van der Waals surface area contributed by atoms with Crippen LogP contribution in [0.1, 0.15) is 43.2 Å². The van der Waals surface area contributed by atoms with Crippen LogP contribution in [0, 0.1) is 0 Å². The SMILES string of the molecule is CCOC(=O)CCN(CCCO)C(=O)CC(c1ccccc1)c1ccccc1. The standard InChI is InChI=1S/C23H29NO4/c1-2-28-23(27)14-16-24(15-9-17-25)22(26)18-21(19-10-5-3-6-11-19)20-12-7-4-8-13-20/h3-8,10-13,21,25H,2,9,14-18H2,1H3. The number of esters is 1. The highest BCUT2D eigenvalue weighted by Gasteiger charge is 2.22. The van der Waals surface area contributed by atoms with Crippen LogP contribution in [0.4, 0.5) is 0 Å². The Bertz CT molecular complexity index is 678. The second-order valence-electron chi connectivity index (χ2n) is 6.59.